The summed E-state index contributed by atoms with van der Waals surface area (Å²) in [6.07, 6.45) is 7.37. The van der Waals surface area contributed by atoms with Gasteiger partial charge in [0.1, 0.15) is 0 Å². The molecule has 0 saturated carbocycles. The Kier molecular flexibility index (Phi) is 8.02. The van der Waals surface area contributed by atoms with Gasteiger partial charge in [-0.15, -0.1) is 0 Å². The molecular weight excluding hydrogens is 218 g/mol. The molecule has 0 aliphatic heterocycles. The molecule has 0 aliphatic rings. The van der Waals surface area contributed by atoms with Crippen molar-refractivity contribution in [3.8, 4) is 0 Å². The van der Waals surface area contributed by atoms with Crippen LogP contribution < -0.4 is 0 Å². The maximum atomic E-state index is 4.68. The van der Waals surface area contributed by atoms with Gasteiger partial charge in [0.05, 0.1) is 5.70 Å². The van der Waals surface area contributed by atoms with E-state index in [1.807, 2.05) is 13.0 Å². The van der Waals surface area contributed by atoms with Crippen LogP contribution in [0.1, 0.15) is 53.9 Å². The smallest absolute Gasteiger partial charge is 0.0697 e. The Morgan fingerprint density at radius 3 is 2.17 bits per heavy atom. The molecule has 18 heavy (non-hydrogen) atoms. The highest BCUT2D eigenvalue weighted by Crippen LogP contribution is 2.19. The SMILES string of the molecule is C=C/C(N=C(C)CCCC)=C(\C=C(C)C)C(=C)C. The topological polar surface area (TPSA) is 12.4 Å². The highest BCUT2D eigenvalue weighted by molar-refractivity contribution is 5.83. The summed E-state index contributed by atoms with van der Waals surface area (Å²) in [5.41, 5.74) is 5.44. The van der Waals surface area contributed by atoms with Crippen LogP contribution >= 0.6 is 0 Å². The second-order valence-electron chi connectivity index (χ2n) is 4.96. The predicted octanol–water partition coefficient (Wildman–Crippen LogP) is 5.62. The lowest BCUT2D eigenvalue weighted by atomic mass is 10.0. The van der Waals surface area contributed by atoms with E-state index >= 15 is 0 Å². The molecule has 0 fully saturated rings. The van der Waals surface area contributed by atoms with E-state index in [4.69, 9.17) is 0 Å². The molecule has 0 N–H and O–H groups in total. The summed E-state index contributed by atoms with van der Waals surface area (Å²) in [5.74, 6) is 0. The van der Waals surface area contributed by atoms with Gasteiger partial charge in [-0.3, -0.25) is 4.99 Å². The normalized spacial score (nSPS) is 12.8. The maximum absolute atomic E-state index is 4.68. The zero-order valence-corrected chi connectivity index (χ0v) is 12.6. The molecule has 0 radical (unpaired) electrons. The molecule has 0 aromatic rings. The van der Waals surface area contributed by atoms with Crippen molar-refractivity contribution in [2.75, 3.05) is 0 Å². The molecule has 0 bridgehead atoms. The monoisotopic (exact) mass is 245 g/mol. The van der Waals surface area contributed by atoms with Gasteiger partial charge >= 0.3 is 0 Å². The molecule has 100 valence electrons. The first-order valence-electron chi connectivity index (χ1n) is 6.64. The van der Waals surface area contributed by atoms with Gasteiger partial charge in [-0.2, -0.15) is 0 Å². The second kappa shape index (κ2) is 8.68. The lowest BCUT2D eigenvalue weighted by Gasteiger charge is -2.08. The van der Waals surface area contributed by atoms with Crippen LogP contribution in [0.5, 0.6) is 0 Å². The Morgan fingerprint density at radius 1 is 1.17 bits per heavy atom. The first-order chi connectivity index (χ1) is 8.42. The van der Waals surface area contributed by atoms with E-state index in [-0.39, 0.29) is 0 Å². The summed E-state index contributed by atoms with van der Waals surface area (Å²) in [4.78, 5) is 4.68. The van der Waals surface area contributed by atoms with E-state index in [0.717, 1.165) is 29.0 Å². The molecular formula is C17H27N. The largest absolute Gasteiger partial charge is 0.258 e. The van der Waals surface area contributed by atoms with Crippen molar-refractivity contribution < 1.29 is 0 Å². The molecule has 0 spiro atoms. The fourth-order valence-corrected chi connectivity index (χ4v) is 1.61. The minimum atomic E-state index is 0.928. The lowest BCUT2D eigenvalue weighted by molar-refractivity contribution is 0.832. The molecule has 0 unspecified atom stereocenters. The Hall–Kier alpha value is -1.37. The van der Waals surface area contributed by atoms with Crippen LogP contribution in [0.4, 0.5) is 0 Å². The minimum Gasteiger partial charge on any atom is -0.258 e. The number of allylic oxidation sites excluding steroid dienone is 5. The van der Waals surface area contributed by atoms with E-state index in [0.29, 0.717) is 0 Å². The summed E-state index contributed by atoms with van der Waals surface area (Å²) < 4.78 is 0. The zero-order chi connectivity index (χ0) is 14.1. The van der Waals surface area contributed by atoms with Crippen molar-refractivity contribution in [2.45, 2.75) is 53.9 Å². The van der Waals surface area contributed by atoms with E-state index < -0.39 is 0 Å². The van der Waals surface area contributed by atoms with E-state index in [2.05, 4.69) is 51.9 Å². The molecule has 0 rings (SSSR count). The molecule has 0 aromatic heterocycles. The van der Waals surface area contributed by atoms with Crippen LogP contribution in [-0.2, 0) is 0 Å². The first-order valence-corrected chi connectivity index (χ1v) is 6.64. The Balaban J connectivity index is 5.39. The molecule has 0 aliphatic carbocycles. The average Bonchev–Trinajstić information content (AvgIpc) is 2.30. The Morgan fingerprint density at radius 2 is 1.78 bits per heavy atom. The first kappa shape index (κ1) is 16.6. The third-order valence-corrected chi connectivity index (χ3v) is 2.57. The highest BCUT2D eigenvalue weighted by Gasteiger charge is 2.02. The third kappa shape index (κ3) is 6.39. The van der Waals surface area contributed by atoms with Gasteiger partial charge in [0.15, 0.2) is 0 Å². The van der Waals surface area contributed by atoms with E-state index in [1.54, 1.807) is 0 Å². The van der Waals surface area contributed by atoms with Gasteiger partial charge in [-0.05, 0) is 52.2 Å². The molecule has 0 saturated heterocycles. The van der Waals surface area contributed by atoms with Crippen LogP contribution in [0.2, 0.25) is 0 Å². The maximum Gasteiger partial charge on any atom is 0.0697 e. The molecule has 0 heterocycles. The molecule has 1 nitrogen and oxygen atoms in total. The van der Waals surface area contributed by atoms with Gasteiger partial charge in [0.25, 0.3) is 0 Å². The highest BCUT2D eigenvalue weighted by atomic mass is 14.7. The van der Waals surface area contributed by atoms with Crippen molar-refractivity contribution in [2.24, 2.45) is 4.99 Å². The molecule has 0 amide bonds. The van der Waals surface area contributed by atoms with Crippen LogP contribution in [0.25, 0.3) is 0 Å². The van der Waals surface area contributed by atoms with Crippen molar-refractivity contribution >= 4 is 5.71 Å². The molecule has 0 aromatic carbocycles. The van der Waals surface area contributed by atoms with Crippen molar-refractivity contribution in [1.82, 2.24) is 0 Å². The van der Waals surface area contributed by atoms with E-state index in [1.165, 1.54) is 18.4 Å². The third-order valence-electron chi connectivity index (χ3n) is 2.57. The standard InChI is InChI=1S/C17H27N/c1-8-10-11-15(7)18-17(9-2)16(14(5)6)12-13(3)4/h9,12H,2,5,8,10-11H2,1,3-4,6-7H3/b17-16-,18-15?. The van der Waals surface area contributed by atoms with Crippen LogP contribution in [0, 0.1) is 0 Å². The van der Waals surface area contributed by atoms with Crippen molar-refractivity contribution in [3.63, 3.8) is 0 Å². The summed E-state index contributed by atoms with van der Waals surface area (Å²) >= 11 is 0. The molecule has 0 atom stereocenters. The summed E-state index contributed by atoms with van der Waals surface area (Å²) in [6.45, 7) is 18.3. The van der Waals surface area contributed by atoms with Gasteiger partial charge in [0, 0.05) is 11.3 Å². The number of nitrogens with zero attached hydrogens (tertiary/aromatic N) is 1. The summed E-state index contributed by atoms with van der Waals surface area (Å²) in [5, 5.41) is 0. The lowest BCUT2D eigenvalue weighted by Crippen LogP contribution is -1.94. The van der Waals surface area contributed by atoms with Crippen LogP contribution in [-0.4, -0.2) is 5.71 Å². The van der Waals surface area contributed by atoms with Crippen LogP contribution in [0.15, 0.2) is 52.7 Å². The fraction of sp³-hybridized carbons (Fsp3) is 0.471. The number of rotatable bonds is 7. The second-order valence-corrected chi connectivity index (χ2v) is 4.96. The minimum absolute atomic E-state index is 0.928. The Bertz CT molecular complexity index is 388. The van der Waals surface area contributed by atoms with Crippen LogP contribution in [0.3, 0.4) is 0 Å². The number of hydrogen-bond donors (Lipinski definition) is 0. The van der Waals surface area contributed by atoms with E-state index in [9.17, 15) is 0 Å². The van der Waals surface area contributed by atoms with Gasteiger partial charge in [-0.25, -0.2) is 0 Å². The summed E-state index contributed by atoms with van der Waals surface area (Å²) in [6, 6.07) is 0. The average molecular weight is 245 g/mol. The zero-order valence-electron chi connectivity index (χ0n) is 12.6. The quantitative estimate of drug-likeness (QED) is 0.408. The van der Waals surface area contributed by atoms with Gasteiger partial charge in [-0.1, -0.05) is 38.2 Å². The molecule has 1 heteroatoms. The predicted molar refractivity (Wildman–Crippen MR) is 84.1 cm³/mol. The van der Waals surface area contributed by atoms with Crippen molar-refractivity contribution in [1.29, 1.82) is 0 Å². The number of aliphatic imine (C=N–C) groups is 1. The fourth-order valence-electron chi connectivity index (χ4n) is 1.61. The summed E-state index contributed by atoms with van der Waals surface area (Å²) in [7, 11) is 0. The Labute approximate surface area is 113 Å². The van der Waals surface area contributed by atoms with Gasteiger partial charge in [0.2, 0.25) is 0 Å². The number of unbranched alkanes of at least 4 members (excludes halogenated alkanes) is 1. The number of hydrogen-bond acceptors (Lipinski definition) is 1. The van der Waals surface area contributed by atoms with Gasteiger partial charge < -0.3 is 0 Å². The van der Waals surface area contributed by atoms with Crippen molar-refractivity contribution in [3.05, 3.63) is 47.7 Å².